The third kappa shape index (κ3) is 4.50. The highest BCUT2D eigenvalue weighted by atomic mass is 16.5. The minimum Gasteiger partial charge on any atom is -0.497 e. The second-order valence-corrected chi connectivity index (χ2v) is 9.01. The van der Waals surface area contributed by atoms with Crippen LogP contribution in [0.15, 0.2) is 97.1 Å². The van der Waals surface area contributed by atoms with Crippen LogP contribution in [0.4, 0.5) is 0 Å². The summed E-state index contributed by atoms with van der Waals surface area (Å²) in [5.41, 5.74) is 6.90. The molecule has 4 aromatic carbocycles. The Morgan fingerprint density at radius 1 is 0.688 bits per heavy atom. The van der Waals surface area contributed by atoms with Crippen molar-refractivity contribution in [2.24, 2.45) is 0 Å². The number of ketones is 1. The maximum absolute atomic E-state index is 13.3. The zero-order chi connectivity index (χ0) is 22.7. The molecule has 4 aromatic rings. The Bertz CT molecular complexity index is 1210. The van der Waals surface area contributed by atoms with Crippen molar-refractivity contribution in [2.75, 3.05) is 7.11 Å². The van der Waals surface area contributed by atoms with Gasteiger partial charge in [-0.05, 0) is 57.5 Å². The van der Waals surface area contributed by atoms with Crippen molar-refractivity contribution < 1.29 is 9.53 Å². The van der Waals surface area contributed by atoms with Crippen LogP contribution in [-0.2, 0) is 5.41 Å². The molecule has 0 aromatic heterocycles. The number of benzene rings is 4. The maximum Gasteiger partial charge on any atom is 0.193 e. The molecule has 0 spiro atoms. The summed E-state index contributed by atoms with van der Waals surface area (Å²) < 4.78 is 5.32. The predicted molar refractivity (Wildman–Crippen MR) is 132 cm³/mol. The van der Waals surface area contributed by atoms with Gasteiger partial charge in [-0.25, -0.2) is 0 Å². The number of hydrogen-bond acceptors (Lipinski definition) is 2. The molecule has 0 saturated heterocycles. The van der Waals surface area contributed by atoms with Crippen LogP contribution in [-0.4, -0.2) is 12.9 Å². The van der Waals surface area contributed by atoms with Crippen molar-refractivity contribution in [3.8, 4) is 28.0 Å². The second-order valence-electron chi connectivity index (χ2n) is 9.01. The summed E-state index contributed by atoms with van der Waals surface area (Å²) in [6.45, 7) is 6.65. The topological polar surface area (TPSA) is 26.3 Å². The maximum atomic E-state index is 13.3. The standard InChI is InChI=1S/C30H28O2/c1-30(2,3)25-15-10-21(11-16-25)24-14-19-27(29(31)23-8-6-5-7-9-23)28(20-24)22-12-17-26(32-4)18-13-22/h5-20H,1-4H3. The number of rotatable bonds is 5. The zero-order valence-corrected chi connectivity index (χ0v) is 19.1. The van der Waals surface area contributed by atoms with Gasteiger partial charge in [-0.2, -0.15) is 0 Å². The summed E-state index contributed by atoms with van der Waals surface area (Å²) >= 11 is 0. The summed E-state index contributed by atoms with van der Waals surface area (Å²) in [6.07, 6.45) is 0. The summed E-state index contributed by atoms with van der Waals surface area (Å²) in [7, 11) is 1.65. The van der Waals surface area contributed by atoms with Crippen molar-refractivity contribution in [1.82, 2.24) is 0 Å². The van der Waals surface area contributed by atoms with Gasteiger partial charge in [-0.3, -0.25) is 4.79 Å². The van der Waals surface area contributed by atoms with E-state index in [1.807, 2.05) is 66.7 Å². The first-order chi connectivity index (χ1) is 15.4. The molecule has 0 saturated carbocycles. The highest BCUT2D eigenvalue weighted by Crippen LogP contribution is 2.33. The minimum absolute atomic E-state index is 0.0195. The normalized spacial score (nSPS) is 11.2. The van der Waals surface area contributed by atoms with Crippen molar-refractivity contribution in [2.45, 2.75) is 26.2 Å². The lowest BCUT2D eigenvalue weighted by molar-refractivity contribution is 0.103. The molecule has 0 aliphatic heterocycles. The fraction of sp³-hybridized carbons (Fsp3) is 0.167. The third-order valence-corrected chi connectivity index (χ3v) is 5.79. The number of carbonyl (C=O) groups is 1. The quantitative estimate of drug-likeness (QED) is 0.311. The van der Waals surface area contributed by atoms with Gasteiger partial charge in [-0.1, -0.05) is 93.6 Å². The molecule has 0 bridgehead atoms. The van der Waals surface area contributed by atoms with E-state index in [1.54, 1.807) is 7.11 Å². The van der Waals surface area contributed by atoms with Crippen LogP contribution < -0.4 is 4.74 Å². The highest BCUT2D eigenvalue weighted by molar-refractivity contribution is 6.13. The largest absolute Gasteiger partial charge is 0.497 e. The van der Waals surface area contributed by atoms with Crippen LogP contribution in [0.3, 0.4) is 0 Å². The number of hydrogen-bond donors (Lipinski definition) is 0. The third-order valence-electron chi connectivity index (χ3n) is 5.79. The van der Waals surface area contributed by atoms with Gasteiger partial charge in [-0.15, -0.1) is 0 Å². The van der Waals surface area contributed by atoms with E-state index in [-0.39, 0.29) is 11.2 Å². The summed E-state index contributed by atoms with van der Waals surface area (Å²) in [5.74, 6) is 0.810. The molecular weight excluding hydrogens is 392 g/mol. The predicted octanol–water partition coefficient (Wildman–Crippen LogP) is 7.56. The first kappa shape index (κ1) is 21.6. The number of methoxy groups -OCH3 is 1. The van der Waals surface area contributed by atoms with E-state index < -0.39 is 0 Å². The lowest BCUT2D eigenvalue weighted by Crippen LogP contribution is -2.10. The minimum atomic E-state index is 0.0195. The van der Waals surface area contributed by atoms with Gasteiger partial charge in [0.15, 0.2) is 5.78 Å². The molecule has 0 amide bonds. The average molecular weight is 421 g/mol. The molecule has 0 unspecified atom stereocenters. The molecule has 160 valence electrons. The van der Waals surface area contributed by atoms with Crippen molar-refractivity contribution in [3.63, 3.8) is 0 Å². The fourth-order valence-corrected chi connectivity index (χ4v) is 3.84. The Kier molecular flexibility index (Phi) is 5.96. The summed E-state index contributed by atoms with van der Waals surface area (Å²) in [5, 5.41) is 0. The van der Waals surface area contributed by atoms with Crippen LogP contribution in [0.2, 0.25) is 0 Å². The highest BCUT2D eigenvalue weighted by Gasteiger charge is 2.17. The average Bonchev–Trinajstić information content (AvgIpc) is 2.83. The molecule has 2 heteroatoms. The van der Waals surface area contributed by atoms with E-state index >= 15 is 0 Å². The molecule has 0 heterocycles. The second kappa shape index (κ2) is 8.84. The fourth-order valence-electron chi connectivity index (χ4n) is 3.84. The SMILES string of the molecule is COc1ccc(-c2cc(-c3ccc(C(C)(C)C)cc3)ccc2C(=O)c2ccccc2)cc1. The van der Waals surface area contributed by atoms with Gasteiger partial charge >= 0.3 is 0 Å². The van der Waals surface area contributed by atoms with Crippen LogP contribution in [0, 0.1) is 0 Å². The van der Waals surface area contributed by atoms with E-state index in [9.17, 15) is 4.79 Å². The molecule has 0 fully saturated rings. The number of ether oxygens (including phenoxy) is 1. The molecular formula is C30H28O2. The summed E-state index contributed by atoms with van der Waals surface area (Å²) in [4.78, 5) is 13.3. The van der Waals surface area contributed by atoms with Gasteiger partial charge in [0, 0.05) is 11.1 Å². The Morgan fingerprint density at radius 2 is 1.28 bits per heavy atom. The van der Waals surface area contributed by atoms with Crippen LogP contribution in [0.1, 0.15) is 42.3 Å². The lowest BCUT2D eigenvalue weighted by atomic mass is 9.85. The van der Waals surface area contributed by atoms with Crippen molar-refractivity contribution >= 4 is 5.78 Å². The van der Waals surface area contributed by atoms with E-state index in [1.165, 1.54) is 5.56 Å². The van der Waals surface area contributed by atoms with E-state index in [0.717, 1.165) is 28.0 Å². The Balaban J connectivity index is 1.81. The van der Waals surface area contributed by atoms with Gasteiger partial charge in [0.25, 0.3) is 0 Å². The molecule has 0 aliphatic rings. The molecule has 4 rings (SSSR count). The van der Waals surface area contributed by atoms with E-state index in [4.69, 9.17) is 4.74 Å². The monoisotopic (exact) mass is 420 g/mol. The molecule has 0 atom stereocenters. The lowest BCUT2D eigenvalue weighted by Gasteiger charge is -2.19. The van der Waals surface area contributed by atoms with E-state index in [0.29, 0.717) is 11.1 Å². The van der Waals surface area contributed by atoms with Crippen LogP contribution in [0.25, 0.3) is 22.3 Å². The van der Waals surface area contributed by atoms with Gasteiger partial charge in [0.2, 0.25) is 0 Å². The van der Waals surface area contributed by atoms with E-state index in [2.05, 4.69) is 51.1 Å². The van der Waals surface area contributed by atoms with Gasteiger partial charge < -0.3 is 4.74 Å². The zero-order valence-electron chi connectivity index (χ0n) is 19.1. The molecule has 32 heavy (non-hydrogen) atoms. The first-order valence-corrected chi connectivity index (χ1v) is 10.9. The Labute approximate surface area is 190 Å². The molecule has 2 nitrogen and oxygen atoms in total. The van der Waals surface area contributed by atoms with Gasteiger partial charge in [0.05, 0.1) is 7.11 Å². The summed E-state index contributed by atoms with van der Waals surface area (Å²) in [6, 6.07) is 32.1. The first-order valence-electron chi connectivity index (χ1n) is 10.9. The van der Waals surface area contributed by atoms with Gasteiger partial charge in [0.1, 0.15) is 5.75 Å². The van der Waals surface area contributed by atoms with Crippen LogP contribution in [0.5, 0.6) is 5.75 Å². The Hall–Kier alpha value is -3.65. The van der Waals surface area contributed by atoms with Crippen molar-refractivity contribution in [1.29, 1.82) is 0 Å². The van der Waals surface area contributed by atoms with Crippen LogP contribution >= 0.6 is 0 Å². The molecule has 0 aliphatic carbocycles. The smallest absolute Gasteiger partial charge is 0.193 e. The van der Waals surface area contributed by atoms with Crippen molar-refractivity contribution in [3.05, 3.63) is 114 Å². The molecule has 0 radical (unpaired) electrons. The Morgan fingerprint density at radius 3 is 1.88 bits per heavy atom. The number of carbonyl (C=O) groups excluding carboxylic acids is 1. The molecule has 0 N–H and O–H groups in total.